The summed E-state index contributed by atoms with van der Waals surface area (Å²) in [5.41, 5.74) is 5.92. The smallest absolute Gasteiger partial charge is 0.122 e. The summed E-state index contributed by atoms with van der Waals surface area (Å²) in [5.74, 6) is 1.02. The van der Waals surface area contributed by atoms with Crippen LogP contribution in [0, 0.1) is 19.8 Å². The first-order chi connectivity index (χ1) is 14.0. The minimum Gasteiger partial charge on any atom is -0.507 e. The second-order valence-corrected chi connectivity index (χ2v) is 8.82. The molecule has 2 N–H and O–H groups in total. The van der Waals surface area contributed by atoms with Crippen LogP contribution in [0.1, 0.15) is 46.8 Å². The van der Waals surface area contributed by atoms with Gasteiger partial charge in [0.15, 0.2) is 0 Å². The molecule has 2 aromatic carbocycles. The molecule has 2 aromatic rings. The van der Waals surface area contributed by atoms with Crippen LogP contribution >= 0.6 is 0 Å². The quantitative estimate of drug-likeness (QED) is 0.801. The lowest BCUT2D eigenvalue weighted by molar-refractivity contribution is -0.0674. The summed E-state index contributed by atoms with van der Waals surface area (Å²) in [5, 5.41) is 13.9. The number of likely N-dealkylation sites (tertiary alicyclic amines) is 1. The van der Waals surface area contributed by atoms with Gasteiger partial charge in [0.2, 0.25) is 0 Å². The second kappa shape index (κ2) is 8.86. The van der Waals surface area contributed by atoms with Gasteiger partial charge in [-0.05, 0) is 69.4 Å². The zero-order valence-electron chi connectivity index (χ0n) is 17.9. The van der Waals surface area contributed by atoms with Crippen molar-refractivity contribution >= 4 is 0 Å². The third kappa shape index (κ3) is 4.50. The first-order valence-electron chi connectivity index (χ1n) is 10.9. The average Bonchev–Trinajstić information content (AvgIpc) is 2.73. The first-order valence-corrected chi connectivity index (χ1v) is 10.9. The van der Waals surface area contributed by atoms with E-state index in [0.717, 1.165) is 62.1 Å². The third-order valence-corrected chi connectivity index (χ3v) is 6.69. The number of hydrogen-bond acceptors (Lipinski definition) is 4. The van der Waals surface area contributed by atoms with Gasteiger partial charge in [0, 0.05) is 25.1 Å². The molecule has 0 bridgehead atoms. The Hall–Kier alpha value is -1.88. The Bertz CT molecular complexity index is 825. The second-order valence-electron chi connectivity index (χ2n) is 8.82. The SMILES string of the molecule is CNC[C@@H]1O[C@H](C2CCN(Cc3ccc(C)cc3)CC2)Cc2c1ccc(C)c2O. The van der Waals surface area contributed by atoms with Crippen molar-refractivity contribution in [1.82, 2.24) is 10.2 Å². The standard InChI is InChI=1S/C25H34N2O2/c1-17-4-7-19(8-5-17)16-27-12-10-20(11-13-27)23-14-22-21(24(29-23)15-26-3)9-6-18(2)25(22)28/h4-9,20,23-24,26,28H,10-16H2,1-3H3/t23-,24-/m0/s1. The molecule has 2 aliphatic rings. The number of piperidine rings is 1. The first kappa shape index (κ1) is 20.4. The van der Waals surface area contributed by atoms with Crippen molar-refractivity contribution in [2.75, 3.05) is 26.7 Å². The van der Waals surface area contributed by atoms with Crippen molar-refractivity contribution in [3.05, 3.63) is 64.2 Å². The van der Waals surface area contributed by atoms with Crippen LogP contribution in [-0.4, -0.2) is 42.8 Å². The van der Waals surface area contributed by atoms with Gasteiger partial charge in [0.1, 0.15) is 5.75 Å². The summed E-state index contributed by atoms with van der Waals surface area (Å²) in [6, 6.07) is 13.0. The summed E-state index contributed by atoms with van der Waals surface area (Å²) in [6.07, 6.45) is 3.35. The molecular weight excluding hydrogens is 360 g/mol. The molecule has 0 spiro atoms. The van der Waals surface area contributed by atoms with E-state index in [0.29, 0.717) is 11.7 Å². The number of rotatable bonds is 5. The molecule has 4 rings (SSSR count). The summed E-state index contributed by atoms with van der Waals surface area (Å²) < 4.78 is 6.56. The maximum absolute atomic E-state index is 10.7. The molecule has 1 fully saturated rings. The summed E-state index contributed by atoms with van der Waals surface area (Å²) in [7, 11) is 1.96. The Morgan fingerprint density at radius 3 is 2.48 bits per heavy atom. The number of fused-ring (bicyclic) bond motifs is 1. The molecule has 0 radical (unpaired) electrons. The minimum atomic E-state index is 0.0193. The summed E-state index contributed by atoms with van der Waals surface area (Å²) in [6.45, 7) is 8.15. The number of nitrogens with one attached hydrogen (secondary N) is 1. The van der Waals surface area contributed by atoms with Gasteiger partial charge >= 0.3 is 0 Å². The topological polar surface area (TPSA) is 44.7 Å². The average molecular weight is 395 g/mol. The molecule has 2 atom stereocenters. The van der Waals surface area contributed by atoms with E-state index in [1.807, 2.05) is 20.0 Å². The van der Waals surface area contributed by atoms with Gasteiger partial charge in [-0.1, -0.05) is 42.0 Å². The highest BCUT2D eigenvalue weighted by Gasteiger charge is 2.35. The molecule has 156 valence electrons. The zero-order chi connectivity index (χ0) is 20.4. The fraction of sp³-hybridized carbons (Fsp3) is 0.520. The van der Waals surface area contributed by atoms with E-state index in [1.165, 1.54) is 11.1 Å². The van der Waals surface area contributed by atoms with Gasteiger partial charge < -0.3 is 15.2 Å². The minimum absolute atomic E-state index is 0.0193. The number of phenolic OH excluding ortho intramolecular Hbond substituents is 1. The Morgan fingerprint density at radius 1 is 1.07 bits per heavy atom. The maximum atomic E-state index is 10.7. The molecule has 0 aromatic heterocycles. The Balaban J connectivity index is 1.41. The molecule has 0 amide bonds. The van der Waals surface area contributed by atoms with Crippen molar-refractivity contribution in [2.45, 2.75) is 51.9 Å². The van der Waals surface area contributed by atoms with Crippen molar-refractivity contribution in [1.29, 1.82) is 0 Å². The largest absolute Gasteiger partial charge is 0.507 e. The van der Waals surface area contributed by atoms with E-state index in [1.54, 1.807) is 0 Å². The fourth-order valence-electron chi connectivity index (χ4n) is 4.87. The lowest BCUT2D eigenvalue weighted by Gasteiger charge is -2.40. The normalized spacial score (nSPS) is 23.1. The van der Waals surface area contributed by atoms with Crippen molar-refractivity contribution in [2.24, 2.45) is 5.92 Å². The highest BCUT2D eigenvalue weighted by atomic mass is 16.5. The van der Waals surface area contributed by atoms with Crippen LogP contribution in [0.3, 0.4) is 0 Å². The van der Waals surface area contributed by atoms with E-state index in [2.05, 4.69) is 47.5 Å². The monoisotopic (exact) mass is 394 g/mol. The molecule has 0 aliphatic carbocycles. The summed E-state index contributed by atoms with van der Waals surface area (Å²) >= 11 is 0. The molecule has 29 heavy (non-hydrogen) atoms. The Kier molecular flexibility index (Phi) is 6.23. The van der Waals surface area contributed by atoms with E-state index < -0.39 is 0 Å². The molecule has 1 saturated heterocycles. The molecule has 2 heterocycles. The lowest BCUT2D eigenvalue weighted by atomic mass is 9.83. The van der Waals surface area contributed by atoms with Crippen LogP contribution in [0.5, 0.6) is 5.75 Å². The van der Waals surface area contributed by atoms with E-state index in [4.69, 9.17) is 4.74 Å². The number of hydrogen-bond donors (Lipinski definition) is 2. The number of benzene rings is 2. The van der Waals surface area contributed by atoms with Crippen LogP contribution < -0.4 is 5.32 Å². The van der Waals surface area contributed by atoms with Crippen LogP contribution in [0.4, 0.5) is 0 Å². The van der Waals surface area contributed by atoms with Gasteiger partial charge in [-0.2, -0.15) is 0 Å². The predicted octanol–water partition coefficient (Wildman–Crippen LogP) is 4.12. The number of aryl methyl sites for hydroxylation is 2. The fourth-order valence-corrected chi connectivity index (χ4v) is 4.87. The number of nitrogens with zero attached hydrogens (tertiary/aromatic N) is 1. The zero-order valence-corrected chi connectivity index (χ0v) is 17.9. The molecule has 4 heteroatoms. The summed E-state index contributed by atoms with van der Waals surface area (Å²) in [4.78, 5) is 2.56. The molecule has 0 unspecified atom stereocenters. The van der Waals surface area contributed by atoms with E-state index in [9.17, 15) is 5.11 Å². The highest BCUT2D eigenvalue weighted by Crippen LogP contribution is 2.40. The number of aromatic hydroxyl groups is 1. The third-order valence-electron chi connectivity index (χ3n) is 6.69. The molecule has 0 saturated carbocycles. The van der Waals surface area contributed by atoms with Gasteiger partial charge in [-0.15, -0.1) is 0 Å². The van der Waals surface area contributed by atoms with Crippen molar-refractivity contribution < 1.29 is 9.84 Å². The van der Waals surface area contributed by atoms with Crippen LogP contribution in [0.2, 0.25) is 0 Å². The molecular formula is C25H34N2O2. The van der Waals surface area contributed by atoms with E-state index in [-0.39, 0.29) is 12.2 Å². The Labute approximate surface area is 174 Å². The van der Waals surface area contributed by atoms with Crippen molar-refractivity contribution in [3.63, 3.8) is 0 Å². The number of likely N-dealkylation sites (N-methyl/N-ethyl adjacent to an activating group) is 1. The van der Waals surface area contributed by atoms with Crippen LogP contribution in [0.15, 0.2) is 36.4 Å². The molecule has 4 nitrogen and oxygen atoms in total. The number of phenols is 1. The van der Waals surface area contributed by atoms with Crippen LogP contribution in [-0.2, 0) is 17.7 Å². The van der Waals surface area contributed by atoms with Crippen molar-refractivity contribution in [3.8, 4) is 5.75 Å². The number of ether oxygens (including phenoxy) is 1. The van der Waals surface area contributed by atoms with Gasteiger partial charge in [-0.3, -0.25) is 4.90 Å². The highest BCUT2D eigenvalue weighted by molar-refractivity contribution is 5.47. The Morgan fingerprint density at radius 2 is 1.79 bits per heavy atom. The van der Waals surface area contributed by atoms with E-state index >= 15 is 0 Å². The maximum Gasteiger partial charge on any atom is 0.122 e. The lowest BCUT2D eigenvalue weighted by Crippen LogP contribution is -2.42. The van der Waals surface area contributed by atoms with Crippen LogP contribution in [0.25, 0.3) is 0 Å². The predicted molar refractivity (Wildman–Crippen MR) is 117 cm³/mol. The van der Waals surface area contributed by atoms with Gasteiger partial charge in [-0.25, -0.2) is 0 Å². The van der Waals surface area contributed by atoms with Gasteiger partial charge in [0.25, 0.3) is 0 Å². The molecule has 2 aliphatic heterocycles. The van der Waals surface area contributed by atoms with Gasteiger partial charge in [0.05, 0.1) is 12.2 Å².